The molecule has 0 bridgehead atoms. The lowest BCUT2D eigenvalue weighted by molar-refractivity contribution is -0.131. The van der Waals surface area contributed by atoms with Crippen molar-refractivity contribution in [1.82, 2.24) is 4.31 Å². The molecular weight excluding hydrogens is 321 g/mol. The Bertz CT molecular complexity index is 635. The molecule has 0 radical (unpaired) electrons. The molecule has 1 N–H and O–H groups in total. The third-order valence-corrected chi connectivity index (χ3v) is 5.25. The Labute approximate surface area is 128 Å². The average Bonchev–Trinajstić information content (AvgIpc) is 2.36. The van der Waals surface area contributed by atoms with Gasteiger partial charge in [-0.3, -0.25) is 0 Å². The van der Waals surface area contributed by atoms with E-state index in [4.69, 9.17) is 16.3 Å². The van der Waals surface area contributed by atoms with Gasteiger partial charge in [0.25, 0.3) is 0 Å². The molecule has 1 atom stereocenters. The Hall–Kier alpha value is -0.730. The van der Waals surface area contributed by atoms with Crippen molar-refractivity contribution < 1.29 is 22.7 Å². The van der Waals surface area contributed by atoms with Gasteiger partial charge in [-0.1, -0.05) is 11.6 Å². The van der Waals surface area contributed by atoms with E-state index in [0.29, 0.717) is 0 Å². The van der Waals surface area contributed by atoms with Crippen LogP contribution < -0.4 is 0 Å². The van der Waals surface area contributed by atoms with Gasteiger partial charge in [0.15, 0.2) is 0 Å². The fourth-order valence-electron chi connectivity index (χ4n) is 2.34. The Kier molecular flexibility index (Phi) is 4.60. The van der Waals surface area contributed by atoms with E-state index in [1.165, 1.54) is 6.07 Å². The number of sulfonamides is 1. The maximum absolute atomic E-state index is 13.9. The van der Waals surface area contributed by atoms with Crippen LogP contribution in [0.5, 0.6) is 0 Å². The molecule has 2 rings (SSSR count). The molecule has 1 fully saturated rings. The summed E-state index contributed by atoms with van der Waals surface area (Å²) in [5.74, 6) is -0.896. The van der Waals surface area contributed by atoms with Gasteiger partial charge in [-0.15, -0.1) is 0 Å². The van der Waals surface area contributed by atoms with Crippen LogP contribution >= 0.6 is 11.6 Å². The summed E-state index contributed by atoms with van der Waals surface area (Å²) >= 11 is 5.64. The second-order valence-electron chi connectivity index (χ2n) is 5.55. The van der Waals surface area contributed by atoms with Gasteiger partial charge < -0.3 is 9.84 Å². The SMILES string of the molecule is CC1(C)CN(S(=O)(=O)c2ccc(Cl)cc2F)CC(CO)O1. The largest absolute Gasteiger partial charge is 0.394 e. The summed E-state index contributed by atoms with van der Waals surface area (Å²) in [6, 6.07) is 3.43. The number of benzene rings is 1. The highest BCUT2D eigenvalue weighted by Gasteiger charge is 2.40. The zero-order valence-electron chi connectivity index (χ0n) is 11.7. The molecule has 8 heteroatoms. The molecule has 1 aliphatic heterocycles. The molecule has 0 saturated carbocycles. The highest BCUT2D eigenvalue weighted by molar-refractivity contribution is 7.89. The van der Waals surface area contributed by atoms with Gasteiger partial charge in [-0.05, 0) is 32.0 Å². The van der Waals surface area contributed by atoms with Crippen molar-refractivity contribution >= 4 is 21.6 Å². The molecule has 1 heterocycles. The van der Waals surface area contributed by atoms with Crippen LogP contribution in [0.2, 0.25) is 5.02 Å². The minimum atomic E-state index is -4.01. The molecule has 1 unspecified atom stereocenters. The van der Waals surface area contributed by atoms with Crippen molar-refractivity contribution in [2.45, 2.75) is 30.4 Å². The minimum absolute atomic E-state index is 0.0235. The molecule has 118 valence electrons. The molecule has 1 aromatic carbocycles. The van der Waals surface area contributed by atoms with Crippen LogP contribution in [0.4, 0.5) is 4.39 Å². The maximum Gasteiger partial charge on any atom is 0.246 e. The van der Waals surface area contributed by atoms with Crippen LogP contribution in [0.25, 0.3) is 0 Å². The number of ether oxygens (including phenoxy) is 1. The number of hydrogen-bond donors (Lipinski definition) is 1. The summed E-state index contributed by atoms with van der Waals surface area (Å²) in [5.41, 5.74) is -0.762. The molecule has 1 saturated heterocycles. The van der Waals surface area contributed by atoms with Crippen LogP contribution in [-0.4, -0.2) is 49.2 Å². The van der Waals surface area contributed by atoms with Gasteiger partial charge >= 0.3 is 0 Å². The predicted octanol–water partition coefficient (Wildman–Crippen LogP) is 1.64. The van der Waals surface area contributed by atoms with Crippen molar-refractivity contribution in [3.05, 3.63) is 29.0 Å². The smallest absolute Gasteiger partial charge is 0.246 e. The van der Waals surface area contributed by atoms with E-state index in [1.807, 2.05) is 0 Å². The van der Waals surface area contributed by atoms with Gasteiger partial charge in [0, 0.05) is 18.1 Å². The third-order valence-electron chi connectivity index (χ3n) is 3.17. The van der Waals surface area contributed by atoms with E-state index < -0.39 is 32.4 Å². The second kappa shape index (κ2) is 5.81. The van der Waals surface area contributed by atoms with E-state index in [-0.39, 0.29) is 24.7 Å². The van der Waals surface area contributed by atoms with Crippen LogP contribution in [0.1, 0.15) is 13.8 Å². The summed E-state index contributed by atoms with van der Waals surface area (Å²) < 4.78 is 45.7. The fourth-order valence-corrected chi connectivity index (χ4v) is 4.17. The van der Waals surface area contributed by atoms with Gasteiger partial charge in [-0.25, -0.2) is 12.8 Å². The number of hydrogen-bond acceptors (Lipinski definition) is 4. The lowest BCUT2D eigenvalue weighted by atomic mass is 10.1. The van der Waals surface area contributed by atoms with E-state index in [0.717, 1.165) is 16.4 Å². The standard InChI is InChI=1S/C13H17ClFNO4S/c1-13(2)8-16(6-10(7-17)20-13)21(18,19)12-4-3-9(14)5-11(12)15/h3-5,10,17H,6-8H2,1-2H3. The van der Waals surface area contributed by atoms with Gasteiger partial charge in [-0.2, -0.15) is 4.31 Å². The number of rotatable bonds is 3. The quantitative estimate of drug-likeness (QED) is 0.910. The van der Waals surface area contributed by atoms with Crippen LogP contribution in [0.15, 0.2) is 23.1 Å². The zero-order chi connectivity index (χ0) is 15.8. The lowest BCUT2D eigenvalue weighted by Gasteiger charge is -2.41. The Morgan fingerprint density at radius 1 is 1.52 bits per heavy atom. The lowest BCUT2D eigenvalue weighted by Crippen LogP contribution is -2.55. The first-order valence-corrected chi connectivity index (χ1v) is 8.21. The second-order valence-corrected chi connectivity index (χ2v) is 7.90. The van der Waals surface area contributed by atoms with Gasteiger partial charge in [0.05, 0.1) is 18.3 Å². The van der Waals surface area contributed by atoms with Crippen LogP contribution in [0.3, 0.4) is 0 Å². The summed E-state index contributed by atoms with van der Waals surface area (Å²) in [6.45, 7) is 3.18. The van der Waals surface area contributed by atoms with E-state index in [9.17, 15) is 17.9 Å². The van der Waals surface area contributed by atoms with Crippen molar-refractivity contribution in [2.24, 2.45) is 0 Å². The summed E-state index contributed by atoms with van der Waals surface area (Å²) in [6.07, 6.45) is -0.640. The maximum atomic E-state index is 13.9. The molecular formula is C13H17ClFNO4S. The van der Waals surface area contributed by atoms with E-state index >= 15 is 0 Å². The summed E-state index contributed by atoms with van der Waals surface area (Å²) in [4.78, 5) is -0.429. The number of aliphatic hydroxyl groups excluding tert-OH is 1. The van der Waals surface area contributed by atoms with E-state index in [1.54, 1.807) is 13.8 Å². The van der Waals surface area contributed by atoms with Crippen molar-refractivity contribution in [3.8, 4) is 0 Å². The number of halogens is 2. The molecule has 21 heavy (non-hydrogen) atoms. The highest BCUT2D eigenvalue weighted by atomic mass is 35.5. The van der Waals surface area contributed by atoms with Crippen molar-refractivity contribution in [1.29, 1.82) is 0 Å². The monoisotopic (exact) mass is 337 g/mol. The fraction of sp³-hybridized carbons (Fsp3) is 0.538. The summed E-state index contributed by atoms with van der Waals surface area (Å²) in [7, 11) is -4.01. The zero-order valence-corrected chi connectivity index (χ0v) is 13.3. The average molecular weight is 338 g/mol. The van der Waals surface area contributed by atoms with Crippen LogP contribution in [0, 0.1) is 5.82 Å². The molecule has 1 aliphatic rings. The molecule has 1 aromatic rings. The van der Waals surface area contributed by atoms with Crippen molar-refractivity contribution in [2.75, 3.05) is 19.7 Å². The number of nitrogens with zero attached hydrogens (tertiary/aromatic N) is 1. The predicted molar refractivity (Wildman–Crippen MR) is 76.2 cm³/mol. The third kappa shape index (κ3) is 3.54. The minimum Gasteiger partial charge on any atom is -0.394 e. The van der Waals surface area contributed by atoms with E-state index in [2.05, 4.69) is 0 Å². The number of aliphatic hydroxyl groups is 1. The van der Waals surface area contributed by atoms with Gasteiger partial charge in [0.2, 0.25) is 10.0 Å². The molecule has 0 aromatic heterocycles. The van der Waals surface area contributed by atoms with Crippen LogP contribution in [-0.2, 0) is 14.8 Å². The molecule has 0 amide bonds. The van der Waals surface area contributed by atoms with Crippen molar-refractivity contribution in [3.63, 3.8) is 0 Å². The molecule has 0 spiro atoms. The first kappa shape index (κ1) is 16.6. The Balaban J connectivity index is 2.38. The first-order valence-electron chi connectivity index (χ1n) is 6.39. The first-order chi connectivity index (χ1) is 9.65. The molecule has 5 nitrogen and oxygen atoms in total. The normalized spacial score (nSPS) is 23.2. The molecule has 0 aliphatic carbocycles. The highest BCUT2D eigenvalue weighted by Crippen LogP contribution is 2.28. The topological polar surface area (TPSA) is 66.8 Å². The number of morpholine rings is 1. The summed E-state index contributed by atoms with van der Waals surface area (Å²) in [5, 5.41) is 9.36. The Morgan fingerprint density at radius 3 is 2.76 bits per heavy atom. The Morgan fingerprint density at radius 2 is 2.19 bits per heavy atom. The van der Waals surface area contributed by atoms with Gasteiger partial charge in [0.1, 0.15) is 10.7 Å².